The smallest absolute Gasteiger partial charge is 0.213 e. The molecule has 2 rings (SSSR count). The van der Waals surface area contributed by atoms with Crippen LogP contribution < -0.4 is 10.1 Å². The summed E-state index contributed by atoms with van der Waals surface area (Å²) in [6, 6.07) is 5.66. The zero-order valence-corrected chi connectivity index (χ0v) is 9.57. The fraction of sp³-hybridized carbons (Fsp3) is 0.583. The highest BCUT2D eigenvalue weighted by Crippen LogP contribution is 2.23. The van der Waals surface area contributed by atoms with Crippen molar-refractivity contribution in [2.45, 2.75) is 24.9 Å². The van der Waals surface area contributed by atoms with Gasteiger partial charge in [0.05, 0.1) is 12.7 Å². The van der Waals surface area contributed by atoms with Gasteiger partial charge in [-0.25, -0.2) is 4.98 Å². The summed E-state index contributed by atoms with van der Waals surface area (Å²) in [6.45, 7) is 1.75. The van der Waals surface area contributed by atoms with Crippen LogP contribution >= 0.6 is 0 Å². The van der Waals surface area contributed by atoms with E-state index in [0.29, 0.717) is 12.3 Å². The average Bonchev–Trinajstić information content (AvgIpc) is 2.29. The summed E-state index contributed by atoms with van der Waals surface area (Å²) >= 11 is 0. The summed E-state index contributed by atoms with van der Waals surface area (Å²) in [5.74, 6) is 0.607. The Labute approximate surface area is 95.7 Å². The minimum absolute atomic E-state index is 0.603. The molecule has 1 fully saturated rings. The predicted octanol–water partition coefficient (Wildman–Crippen LogP) is 0.747. The van der Waals surface area contributed by atoms with E-state index >= 15 is 0 Å². The molecule has 2 N–H and O–H groups in total. The Morgan fingerprint density at radius 1 is 1.44 bits per heavy atom. The lowest BCUT2D eigenvalue weighted by Gasteiger charge is -2.32. The lowest BCUT2D eigenvalue weighted by atomic mass is 9.88. The lowest BCUT2D eigenvalue weighted by molar-refractivity contribution is 0.00995. The molecule has 0 aliphatic carbocycles. The first kappa shape index (κ1) is 11.4. The Hall–Kier alpha value is -1.13. The fourth-order valence-corrected chi connectivity index (χ4v) is 2.08. The van der Waals surface area contributed by atoms with Crippen LogP contribution in [-0.4, -0.2) is 35.9 Å². The number of nitrogens with one attached hydrogen (secondary N) is 1. The zero-order chi connectivity index (χ0) is 11.4. The van der Waals surface area contributed by atoms with E-state index in [0.717, 1.165) is 31.6 Å². The van der Waals surface area contributed by atoms with Gasteiger partial charge in [0.1, 0.15) is 0 Å². The van der Waals surface area contributed by atoms with E-state index < -0.39 is 5.60 Å². The normalized spacial score (nSPS) is 19.4. The van der Waals surface area contributed by atoms with Crippen molar-refractivity contribution in [1.82, 2.24) is 10.3 Å². The summed E-state index contributed by atoms with van der Waals surface area (Å²) in [4.78, 5) is 4.33. The van der Waals surface area contributed by atoms with Crippen molar-refractivity contribution in [3.63, 3.8) is 0 Å². The van der Waals surface area contributed by atoms with Gasteiger partial charge in [0, 0.05) is 18.2 Å². The Bertz CT molecular complexity index is 349. The largest absolute Gasteiger partial charge is 0.481 e. The van der Waals surface area contributed by atoms with E-state index in [-0.39, 0.29) is 0 Å². The van der Waals surface area contributed by atoms with Crippen molar-refractivity contribution in [2.24, 2.45) is 0 Å². The summed E-state index contributed by atoms with van der Waals surface area (Å²) < 4.78 is 5.07. The molecule has 0 saturated carbocycles. The second-order valence-corrected chi connectivity index (χ2v) is 4.32. The van der Waals surface area contributed by atoms with Gasteiger partial charge in [0.15, 0.2) is 0 Å². The first-order valence-corrected chi connectivity index (χ1v) is 5.65. The molecule has 0 bridgehead atoms. The third-order valence-corrected chi connectivity index (χ3v) is 3.03. The van der Waals surface area contributed by atoms with Crippen molar-refractivity contribution < 1.29 is 9.84 Å². The van der Waals surface area contributed by atoms with E-state index in [2.05, 4.69) is 10.3 Å². The Morgan fingerprint density at radius 2 is 2.19 bits per heavy atom. The van der Waals surface area contributed by atoms with Crippen molar-refractivity contribution in [1.29, 1.82) is 0 Å². The second-order valence-electron chi connectivity index (χ2n) is 4.32. The summed E-state index contributed by atoms with van der Waals surface area (Å²) in [7, 11) is 1.60. The van der Waals surface area contributed by atoms with Gasteiger partial charge < -0.3 is 15.2 Å². The Morgan fingerprint density at radius 3 is 2.88 bits per heavy atom. The van der Waals surface area contributed by atoms with Crippen LogP contribution in [0.2, 0.25) is 0 Å². The van der Waals surface area contributed by atoms with Gasteiger partial charge in [-0.05, 0) is 32.0 Å². The van der Waals surface area contributed by atoms with Crippen LogP contribution in [0.15, 0.2) is 18.2 Å². The first-order chi connectivity index (χ1) is 7.72. The number of nitrogens with zero attached hydrogens (tertiary/aromatic N) is 1. The molecule has 0 radical (unpaired) electrons. The standard InChI is InChI=1S/C12H18N2O2/c1-16-11-4-2-3-10(14-11)9-12(15)5-7-13-8-6-12/h2-4,13,15H,5-9H2,1H3. The van der Waals surface area contributed by atoms with Gasteiger partial charge in [-0.2, -0.15) is 0 Å². The maximum Gasteiger partial charge on any atom is 0.213 e. The van der Waals surface area contributed by atoms with Crippen LogP contribution in [0, 0.1) is 0 Å². The SMILES string of the molecule is COc1cccc(CC2(O)CCNCC2)n1. The first-order valence-electron chi connectivity index (χ1n) is 5.65. The number of aromatic nitrogens is 1. The number of aliphatic hydroxyl groups is 1. The van der Waals surface area contributed by atoms with Crippen molar-refractivity contribution in [2.75, 3.05) is 20.2 Å². The number of hydrogen-bond acceptors (Lipinski definition) is 4. The van der Waals surface area contributed by atoms with Crippen molar-refractivity contribution in [3.8, 4) is 5.88 Å². The third-order valence-electron chi connectivity index (χ3n) is 3.03. The van der Waals surface area contributed by atoms with Crippen LogP contribution in [0.1, 0.15) is 18.5 Å². The Kier molecular flexibility index (Phi) is 3.41. The lowest BCUT2D eigenvalue weighted by Crippen LogP contribution is -2.43. The monoisotopic (exact) mass is 222 g/mol. The number of rotatable bonds is 3. The number of methoxy groups -OCH3 is 1. The number of ether oxygens (including phenoxy) is 1. The minimum Gasteiger partial charge on any atom is -0.481 e. The quantitative estimate of drug-likeness (QED) is 0.792. The summed E-state index contributed by atoms with van der Waals surface area (Å²) in [5, 5.41) is 13.6. The molecule has 0 aromatic carbocycles. The molecule has 2 heterocycles. The van der Waals surface area contributed by atoms with Crippen LogP contribution in [0.25, 0.3) is 0 Å². The molecule has 1 aliphatic heterocycles. The number of hydrogen-bond donors (Lipinski definition) is 2. The summed E-state index contributed by atoms with van der Waals surface area (Å²) in [5.41, 5.74) is 0.286. The van der Waals surface area contributed by atoms with Gasteiger partial charge in [-0.15, -0.1) is 0 Å². The molecular weight excluding hydrogens is 204 g/mol. The highest BCUT2D eigenvalue weighted by atomic mass is 16.5. The van der Waals surface area contributed by atoms with E-state index in [4.69, 9.17) is 4.74 Å². The molecular formula is C12H18N2O2. The molecule has 1 saturated heterocycles. The highest BCUT2D eigenvalue weighted by molar-refractivity contribution is 5.17. The van der Waals surface area contributed by atoms with E-state index in [1.807, 2.05) is 18.2 Å². The molecule has 88 valence electrons. The minimum atomic E-state index is -0.607. The maximum atomic E-state index is 10.4. The van der Waals surface area contributed by atoms with E-state index in [1.54, 1.807) is 7.11 Å². The molecule has 1 aromatic heterocycles. The van der Waals surface area contributed by atoms with E-state index in [9.17, 15) is 5.11 Å². The van der Waals surface area contributed by atoms with Crippen LogP contribution in [-0.2, 0) is 6.42 Å². The molecule has 0 unspecified atom stereocenters. The van der Waals surface area contributed by atoms with E-state index in [1.165, 1.54) is 0 Å². The highest BCUT2D eigenvalue weighted by Gasteiger charge is 2.29. The topological polar surface area (TPSA) is 54.4 Å². The van der Waals surface area contributed by atoms with Gasteiger partial charge >= 0.3 is 0 Å². The zero-order valence-electron chi connectivity index (χ0n) is 9.57. The van der Waals surface area contributed by atoms with Gasteiger partial charge in [-0.3, -0.25) is 0 Å². The van der Waals surface area contributed by atoms with Crippen molar-refractivity contribution in [3.05, 3.63) is 23.9 Å². The molecule has 0 amide bonds. The molecule has 1 aromatic rings. The third kappa shape index (κ3) is 2.71. The van der Waals surface area contributed by atoms with Crippen LogP contribution in [0.3, 0.4) is 0 Å². The number of pyridine rings is 1. The molecule has 1 aliphatic rings. The van der Waals surface area contributed by atoms with Crippen LogP contribution in [0.4, 0.5) is 0 Å². The van der Waals surface area contributed by atoms with Gasteiger partial charge in [0.2, 0.25) is 5.88 Å². The molecule has 0 atom stereocenters. The van der Waals surface area contributed by atoms with Crippen LogP contribution in [0.5, 0.6) is 5.88 Å². The van der Waals surface area contributed by atoms with Gasteiger partial charge in [0.25, 0.3) is 0 Å². The molecule has 4 nitrogen and oxygen atoms in total. The fourth-order valence-electron chi connectivity index (χ4n) is 2.08. The average molecular weight is 222 g/mol. The van der Waals surface area contributed by atoms with Crippen molar-refractivity contribution >= 4 is 0 Å². The second kappa shape index (κ2) is 4.80. The maximum absolute atomic E-state index is 10.4. The summed E-state index contributed by atoms with van der Waals surface area (Å²) in [6.07, 6.45) is 2.17. The molecule has 4 heteroatoms. The molecule has 16 heavy (non-hydrogen) atoms. The van der Waals surface area contributed by atoms with Gasteiger partial charge in [-0.1, -0.05) is 6.07 Å². The predicted molar refractivity (Wildman–Crippen MR) is 61.5 cm³/mol. The Balaban J connectivity index is 2.07. The number of piperidine rings is 1. The molecule has 0 spiro atoms.